The van der Waals surface area contributed by atoms with Crippen LogP contribution in [0.4, 0.5) is 18.9 Å². The largest absolute Gasteiger partial charge is 0.497 e. The Balaban J connectivity index is 1.93. The third-order valence-corrected chi connectivity index (χ3v) is 5.01. The maximum Gasteiger partial charge on any atom is 0.418 e. The Bertz CT molecular complexity index is 1020. The quantitative estimate of drug-likeness (QED) is 0.655. The first-order valence-electron chi connectivity index (χ1n) is 8.09. The van der Waals surface area contributed by atoms with Crippen molar-refractivity contribution in [2.75, 3.05) is 14.2 Å². The number of rotatable bonds is 4. The van der Waals surface area contributed by atoms with Crippen LogP contribution in [0.15, 0.2) is 46.3 Å². The number of nitrogens with zero attached hydrogens (tertiary/aromatic N) is 1. The zero-order chi connectivity index (χ0) is 21.2. The number of nitrogens with one attached hydrogen (secondary N) is 1. The fourth-order valence-electron chi connectivity index (χ4n) is 2.50. The van der Waals surface area contributed by atoms with Crippen LogP contribution >= 0.6 is 23.4 Å². The van der Waals surface area contributed by atoms with Crippen molar-refractivity contribution in [2.45, 2.75) is 6.18 Å². The van der Waals surface area contributed by atoms with E-state index >= 15 is 0 Å². The number of alkyl halides is 3. The molecule has 0 radical (unpaired) electrons. The lowest BCUT2D eigenvalue weighted by Crippen LogP contribution is -2.19. The van der Waals surface area contributed by atoms with E-state index in [1.54, 1.807) is 24.3 Å². The molecule has 2 aromatic carbocycles. The third kappa shape index (κ3) is 4.86. The van der Waals surface area contributed by atoms with Crippen molar-refractivity contribution in [3.05, 3.63) is 57.5 Å². The zero-order valence-corrected chi connectivity index (χ0v) is 16.7. The van der Waals surface area contributed by atoms with E-state index in [9.17, 15) is 18.0 Å². The van der Waals surface area contributed by atoms with Crippen LogP contribution in [0.1, 0.15) is 11.1 Å². The highest BCUT2D eigenvalue weighted by Crippen LogP contribution is 2.39. The standard InChI is InChI=1S/C19H14ClF3N2O3S/c1-27-12-5-3-10(15(9-12)28-2)7-16-17(26)25-18(29-16)24-14-6-4-11(20)8-13(14)19(21,22)23/h3-9H,1-2H3,(H,24,25,26)/b16-7-. The molecule has 5 nitrogen and oxygen atoms in total. The molecule has 10 heteroatoms. The van der Waals surface area contributed by atoms with E-state index in [2.05, 4.69) is 10.3 Å². The normalized spacial score (nSPS) is 17.0. The third-order valence-electron chi connectivity index (χ3n) is 3.86. The first-order valence-corrected chi connectivity index (χ1v) is 9.29. The highest BCUT2D eigenvalue weighted by molar-refractivity contribution is 8.18. The molecular weight excluding hydrogens is 429 g/mol. The van der Waals surface area contributed by atoms with E-state index in [-0.39, 0.29) is 20.8 Å². The molecule has 0 aliphatic carbocycles. The number of methoxy groups -OCH3 is 2. The van der Waals surface area contributed by atoms with Gasteiger partial charge in [-0.3, -0.25) is 4.79 Å². The molecule has 2 aromatic rings. The minimum Gasteiger partial charge on any atom is -0.497 e. The van der Waals surface area contributed by atoms with E-state index in [0.717, 1.165) is 23.9 Å². The minimum absolute atomic E-state index is 0.0292. The zero-order valence-electron chi connectivity index (χ0n) is 15.1. The Morgan fingerprint density at radius 2 is 1.90 bits per heavy atom. The molecule has 1 aliphatic heterocycles. The maximum absolute atomic E-state index is 13.2. The van der Waals surface area contributed by atoms with Crippen LogP contribution in [-0.4, -0.2) is 25.3 Å². The molecule has 0 bridgehead atoms. The number of amidine groups is 1. The second-order valence-electron chi connectivity index (χ2n) is 5.75. The molecule has 0 spiro atoms. The van der Waals surface area contributed by atoms with Crippen molar-refractivity contribution in [1.82, 2.24) is 5.32 Å². The molecular formula is C19H14ClF3N2O3S. The van der Waals surface area contributed by atoms with E-state index in [1.807, 2.05) is 0 Å². The molecule has 0 atom stereocenters. The molecule has 1 N–H and O–H groups in total. The number of carbonyl (C=O) groups excluding carboxylic acids is 1. The first-order chi connectivity index (χ1) is 13.7. The van der Waals surface area contributed by atoms with Crippen molar-refractivity contribution in [2.24, 2.45) is 4.99 Å². The first kappa shape index (κ1) is 21.1. The maximum atomic E-state index is 13.2. The van der Waals surface area contributed by atoms with Crippen LogP contribution in [0.25, 0.3) is 6.08 Å². The van der Waals surface area contributed by atoms with Gasteiger partial charge in [-0.1, -0.05) is 11.6 Å². The highest BCUT2D eigenvalue weighted by Gasteiger charge is 2.34. The second kappa shape index (κ2) is 8.38. The number of benzene rings is 2. The molecule has 1 amide bonds. The van der Waals surface area contributed by atoms with Gasteiger partial charge >= 0.3 is 6.18 Å². The molecule has 0 saturated carbocycles. The highest BCUT2D eigenvalue weighted by atomic mass is 35.5. The fourth-order valence-corrected chi connectivity index (χ4v) is 3.50. The van der Waals surface area contributed by atoms with E-state index in [4.69, 9.17) is 21.1 Å². The molecule has 0 unspecified atom stereocenters. The van der Waals surface area contributed by atoms with Gasteiger partial charge in [0.15, 0.2) is 5.17 Å². The van der Waals surface area contributed by atoms with Crippen LogP contribution < -0.4 is 14.8 Å². The summed E-state index contributed by atoms with van der Waals surface area (Å²) in [4.78, 5) is 16.5. The summed E-state index contributed by atoms with van der Waals surface area (Å²) < 4.78 is 50.1. The van der Waals surface area contributed by atoms with E-state index < -0.39 is 17.6 Å². The predicted molar refractivity (Wildman–Crippen MR) is 107 cm³/mol. The average molecular weight is 443 g/mol. The van der Waals surface area contributed by atoms with Crippen LogP contribution in [0.5, 0.6) is 11.5 Å². The summed E-state index contributed by atoms with van der Waals surface area (Å²) in [7, 11) is 2.99. The average Bonchev–Trinajstić information content (AvgIpc) is 3.01. The van der Waals surface area contributed by atoms with Gasteiger partial charge in [0.1, 0.15) is 11.5 Å². The number of aliphatic imine (C=N–C) groups is 1. The monoisotopic (exact) mass is 442 g/mol. The number of hydrogen-bond donors (Lipinski definition) is 1. The predicted octanol–water partition coefficient (Wildman–Crippen LogP) is 5.27. The van der Waals surface area contributed by atoms with Gasteiger partial charge in [0, 0.05) is 16.7 Å². The smallest absolute Gasteiger partial charge is 0.418 e. The Labute approximate surface area is 173 Å². The number of halogens is 4. The van der Waals surface area contributed by atoms with Gasteiger partial charge in [-0.2, -0.15) is 13.2 Å². The molecule has 152 valence electrons. The molecule has 1 fully saturated rings. The molecule has 1 aliphatic rings. The van der Waals surface area contributed by atoms with Crippen molar-refractivity contribution < 1.29 is 27.4 Å². The Morgan fingerprint density at radius 1 is 1.14 bits per heavy atom. The van der Waals surface area contributed by atoms with Gasteiger partial charge in [0.25, 0.3) is 5.91 Å². The summed E-state index contributed by atoms with van der Waals surface area (Å²) in [6.45, 7) is 0. The minimum atomic E-state index is -4.63. The summed E-state index contributed by atoms with van der Waals surface area (Å²) in [6, 6.07) is 8.30. The van der Waals surface area contributed by atoms with Gasteiger partial charge < -0.3 is 14.8 Å². The lowest BCUT2D eigenvalue weighted by atomic mass is 10.1. The Kier molecular flexibility index (Phi) is 6.09. The molecule has 3 rings (SSSR count). The van der Waals surface area contributed by atoms with Crippen molar-refractivity contribution in [1.29, 1.82) is 0 Å². The van der Waals surface area contributed by atoms with Crippen LogP contribution in [-0.2, 0) is 11.0 Å². The number of ether oxygens (including phenoxy) is 2. The van der Waals surface area contributed by atoms with Crippen LogP contribution in [0.2, 0.25) is 5.02 Å². The SMILES string of the molecule is COc1ccc(/C=C2\SC(=Nc3ccc(Cl)cc3C(F)(F)F)NC2=O)c(OC)c1. The van der Waals surface area contributed by atoms with Crippen LogP contribution in [0, 0.1) is 0 Å². The van der Waals surface area contributed by atoms with Gasteiger partial charge in [-0.05, 0) is 48.2 Å². The van der Waals surface area contributed by atoms with Gasteiger partial charge in [-0.15, -0.1) is 0 Å². The molecule has 0 aromatic heterocycles. The van der Waals surface area contributed by atoms with Crippen molar-refractivity contribution >= 4 is 46.2 Å². The summed E-state index contributed by atoms with van der Waals surface area (Å²) in [6.07, 6.45) is -3.07. The van der Waals surface area contributed by atoms with Gasteiger partial charge in [-0.25, -0.2) is 4.99 Å². The van der Waals surface area contributed by atoms with Gasteiger partial charge in [0.05, 0.1) is 30.4 Å². The fraction of sp³-hybridized carbons (Fsp3) is 0.158. The molecule has 1 saturated heterocycles. The van der Waals surface area contributed by atoms with Crippen molar-refractivity contribution in [3.63, 3.8) is 0 Å². The molecule has 29 heavy (non-hydrogen) atoms. The Hall–Kier alpha value is -2.65. The number of carbonyl (C=O) groups is 1. The summed E-state index contributed by atoms with van der Waals surface area (Å²) in [5.41, 5.74) is -0.718. The number of thioether (sulfide) groups is 1. The lowest BCUT2D eigenvalue weighted by molar-refractivity contribution is -0.137. The molecule has 1 heterocycles. The second-order valence-corrected chi connectivity index (χ2v) is 7.22. The van der Waals surface area contributed by atoms with Gasteiger partial charge in [0.2, 0.25) is 0 Å². The van der Waals surface area contributed by atoms with E-state index in [0.29, 0.717) is 17.1 Å². The summed E-state index contributed by atoms with van der Waals surface area (Å²) >= 11 is 6.60. The summed E-state index contributed by atoms with van der Waals surface area (Å²) in [5, 5.41) is 2.44. The van der Waals surface area contributed by atoms with Crippen LogP contribution in [0.3, 0.4) is 0 Å². The Morgan fingerprint density at radius 3 is 2.55 bits per heavy atom. The summed E-state index contributed by atoms with van der Waals surface area (Å²) in [5.74, 6) is 0.582. The number of hydrogen-bond acceptors (Lipinski definition) is 5. The lowest BCUT2D eigenvalue weighted by Gasteiger charge is -2.10. The topological polar surface area (TPSA) is 59.9 Å². The van der Waals surface area contributed by atoms with Crippen molar-refractivity contribution in [3.8, 4) is 11.5 Å². The number of amides is 1. The van der Waals surface area contributed by atoms with E-state index in [1.165, 1.54) is 20.3 Å².